The third-order valence-electron chi connectivity index (χ3n) is 5.90. The van der Waals surface area contributed by atoms with Crippen LogP contribution in [-0.2, 0) is 4.79 Å². The molecule has 3 nitrogen and oxygen atoms in total. The van der Waals surface area contributed by atoms with E-state index in [2.05, 4.69) is 6.92 Å². The van der Waals surface area contributed by atoms with Crippen molar-refractivity contribution in [1.82, 2.24) is 0 Å². The van der Waals surface area contributed by atoms with E-state index in [1.807, 2.05) is 43.3 Å². The molecule has 2 rings (SSSR count). The van der Waals surface area contributed by atoms with E-state index in [0.29, 0.717) is 12.2 Å². The van der Waals surface area contributed by atoms with Gasteiger partial charge in [-0.25, -0.2) is 9.18 Å². The smallest absolute Gasteiger partial charge is 0.346 e. The Balaban J connectivity index is 1.74. The Morgan fingerprint density at radius 1 is 0.781 bits per heavy atom. The number of hydrogen-bond donors (Lipinski definition) is 0. The minimum Gasteiger partial charge on any atom is -0.494 e. The second-order valence-electron chi connectivity index (χ2n) is 8.58. The van der Waals surface area contributed by atoms with Crippen LogP contribution in [-0.4, -0.2) is 18.7 Å². The van der Waals surface area contributed by atoms with Crippen LogP contribution in [0, 0.1) is 5.92 Å². The van der Waals surface area contributed by atoms with Gasteiger partial charge in [0.25, 0.3) is 0 Å². The van der Waals surface area contributed by atoms with Gasteiger partial charge in [-0.15, -0.1) is 0 Å². The van der Waals surface area contributed by atoms with Crippen molar-refractivity contribution >= 4 is 5.97 Å². The molecule has 0 radical (unpaired) electrons. The number of rotatable bonds is 15. The summed E-state index contributed by atoms with van der Waals surface area (Å²) in [6.07, 6.45) is 9.30. The Labute approximate surface area is 193 Å². The van der Waals surface area contributed by atoms with Gasteiger partial charge >= 0.3 is 5.97 Å². The normalized spacial score (nSPS) is 12.9. The SMILES string of the molecule is CCCCCCCCCCOc1ccc(-c2ccc(OC(=O)C(F)C(C)CC)cc2)cc1. The van der Waals surface area contributed by atoms with Crippen molar-refractivity contribution in [2.45, 2.75) is 84.7 Å². The molecular weight excluding hydrogens is 403 g/mol. The lowest BCUT2D eigenvalue weighted by Crippen LogP contribution is -2.27. The van der Waals surface area contributed by atoms with Crippen molar-refractivity contribution in [3.63, 3.8) is 0 Å². The lowest BCUT2D eigenvalue weighted by Gasteiger charge is -2.13. The average molecular weight is 443 g/mol. The average Bonchev–Trinajstić information content (AvgIpc) is 2.83. The van der Waals surface area contributed by atoms with Gasteiger partial charge in [0.2, 0.25) is 0 Å². The summed E-state index contributed by atoms with van der Waals surface area (Å²) < 4.78 is 25.0. The predicted octanol–water partition coefficient (Wildman–Crippen LogP) is 8.16. The van der Waals surface area contributed by atoms with Crippen LogP contribution in [0.15, 0.2) is 48.5 Å². The fraction of sp³-hybridized carbons (Fsp3) is 0.536. The van der Waals surface area contributed by atoms with Crippen LogP contribution in [0.4, 0.5) is 4.39 Å². The standard InChI is InChI=1S/C28H39FO3/c1-4-6-7-8-9-10-11-12-21-31-25-17-13-23(14-18-25)24-15-19-26(20-16-24)32-28(30)27(29)22(3)5-2/h13-20,22,27H,4-12,21H2,1-3H3. The molecule has 0 bridgehead atoms. The predicted molar refractivity (Wildman–Crippen MR) is 130 cm³/mol. The first-order valence-electron chi connectivity index (χ1n) is 12.2. The summed E-state index contributed by atoms with van der Waals surface area (Å²) in [5.74, 6) is 0.0550. The Morgan fingerprint density at radius 2 is 1.28 bits per heavy atom. The summed E-state index contributed by atoms with van der Waals surface area (Å²) in [5.41, 5.74) is 2.04. The fourth-order valence-electron chi connectivity index (χ4n) is 3.50. The van der Waals surface area contributed by atoms with E-state index in [1.165, 1.54) is 44.9 Å². The molecule has 0 fully saturated rings. The third-order valence-corrected chi connectivity index (χ3v) is 5.90. The molecule has 0 aliphatic rings. The molecule has 0 aliphatic heterocycles. The highest BCUT2D eigenvalue weighted by Gasteiger charge is 2.25. The second kappa shape index (κ2) is 14.7. The number of esters is 1. The number of unbranched alkanes of at least 4 members (excludes halogenated alkanes) is 7. The van der Waals surface area contributed by atoms with Crippen LogP contribution in [0.1, 0.15) is 78.6 Å². The van der Waals surface area contributed by atoms with Crippen LogP contribution >= 0.6 is 0 Å². The summed E-state index contributed by atoms with van der Waals surface area (Å²) in [6.45, 7) is 6.56. The highest BCUT2D eigenvalue weighted by Crippen LogP contribution is 2.25. The van der Waals surface area contributed by atoms with Gasteiger partial charge in [0.1, 0.15) is 11.5 Å². The Hall–Kier alpha value is -2.36. The summed E-state index contributed by atoms with van der Waals surface area (Å²) in [4.78, 5) is 11.9. The maximum atomic E-state index is 14.0. The van der Waals surface area contributed by atoms with Gasteiger partial charge in [-0.3, -0.25) is 0 Å². The van der Waals surface area contributed by atoms with Crippen LogP contribution in [0.3, 0.4) is 0 Å². The maximum absolute atomic E-state index is 14.0. The van der Waals surface area contributed by atoms with E-state index < -0.39 is 12.1 Å². The van der Waals surface area contributed by atoms with Crippen molar-refractivity contribution < 1.29 is 18.7 Å². The third kappa shape index (κ3) is 9.02. The monoisotopic (exact) mass is 442 g/mol. The van der Waals surface area contributed by atoms with Crippen molar-refractivity contribution in [2.24, 2.45) is 5.92 Å². The fourth-order valence-corrected chi connectivity index (χ4v) is 3.50. The number of halogens is 1. The molecule has 0 aromatic heterocycles. The maximum Gasteiger partial charge on any atom is 0.346 e. The minimum atomic E-state index is -1.60. The summed E-state index contributed by atoms with van der Waals surface area (Å²) in [6, 6.07) is 15.1. The molecule has 2 aromatic rings. The van der Waals surface area contributed by atoms with Gasteiger partial charge in [-0.2, -0.15) is 0 Å². The van der Waals surface area contributed by atoms with E-state index in [1.54, 1.807) is 19.1 Å². The molecule has 176 valence electrons. The Morgan fingerprint density at radius 3 is 1.81 bits per heavy atom. The first kappa shape index (κ1) is 25.9. The van der Waals surface area contributed by atoms with E-state index in [-0.39, 0.29) is 5.92 Å². The summed E-state index contributed by atoms with van der Waals surface area (Å²) >= 11 is 0. The molecule has 0 heterocycles. The molecular formula is C28H39FO3. The molecule has 0 N–H and O–H groups in total. The molecule has 2 atom stereocenters. The van der Waals surface area contributed by atoms with E-state index in [4.69, 9.17) is 9.47 Å². The molecule has 0 saturated carbocycles. The quantitative estimate of drug-likeness (QED) is 0.158. The molecule has 0 saturated heterocycles. The molecule has 0 amide bonds. The van der Waals surface area contributed by atoms with Crippen molar-refractivity contribution in [1.29, 1.82) is 0 Å². The Kier molecular flexibility index (Phi) is 11.9. The number of alkyl halides is 1. The van der Waals surface area contributed by atoms with Gasteiger partial charge in [0, 0.05) is 0 Å². The molecule has 0 aliphatic carbocycles. The highest BCUT2D eigenvalue weighted by atomic mass is 19.1. The number of benzene rings is 2. The van der Waals surface area contributed by atoms with Crippen LogP contribution in [0.25, 0.3) is 11.1 Å². The van der Waals surface area contributed by atoms with E-state index in [9.17, 15) is 9.18 Å². The van der Waals surface area contributed by atoms with Gasteiger partial charge in [0.05, 0.1) is 6.61 Å². The molecule has 0 spiro atoms. The van der Waals surface area contributed by atoms with Crippen LogP contribution < -0.4 is 9.47 Å². The van der Waals surface area contributed by atoms with Crippen LogP contribution in [0.2, 0.25) is 0 Å². The molecule has 2 unspecified atom stereocenters. The largest absolute Gasteiger partial charge is 0.494 e. The lowest BCUT2D eigenvalue weighted by molar-refractivity contribution is -0.141. The second-order valence-corrected chi connectivity index (χ2v) is 8.58. The van der Waals surface area contributed by atoms with Gasteiger partial charge in [-0.05, 0) is 47.7 Å². The number of carbonyl (C=O) groups excluding carboxylic acids is 1. The molecule has 2 aromatic carbocycles. The molecule has 32 heavy (non-hydrogen) atoms. The first-order valence-corrected chi connectivity index (χ1v) is 12.2. The molecule has 4 heteroatoms. The zero-order valence-electron chi connectivity index (χ0n) is 19.9. The number of hydrogen-bond acceptors (Lipinski definition) is 3. The van der Waals surface area contributed by atoms with Gasteiger partial charge in [0.15, 0.2) is 6.17 Å². The summed E-state index contributed by atoms with van der Waals surface area (Å²) in [7, 11) is 0. The van der Waals surface area contributed by atoms with Crippen molar-refractivity contribution in [3.8, 4) is 22.6 Å². The minimum absolute atomic E-state index is 0.349. The lowest BCUT2D eigenvalue weighted by atomic mass is 10.0. The zero-order chi connectivity index (χ0) is 23.2. The van der Waals surface area contributed by atoms with Gasteiger partial charge < -0.3 is 9.47 Å². The van der Waals surface area contributed by atoms with Crippen LogP contribution in [0.5, 0.6) is 11.5 Å². The van der Waals surface area contributed by atoms with E-state index in [0.717, 1.165) is 29.9 Å². The first-order chi connectivity index (χ1) is 15.5. The van der Waals surface area contributed by atoms with Crippen molar-refractivity contribution in [2.75, 3.05) is 6.61 Å². The van der Waals surface area contributed by atoms with Crippen molar-refractivity contribution in [3.05, 3.63) is 48.5 Å². The topological polar surface area (TPSA) is 35.5 Å². The van der Waals surface area contributed by atoms with E-state index >= 15 is 0 Å². The zero-order valence-corrected chi connectivity index (χ0v) is 19.9. The Bertz CT molecular complexity index is 770. The number of carbonyl (C=O) groups is 1. The number of ether oxygens (including phenoxy) is 2. The summed E-state index contributed by atoms with van der Waals surface area (Å²) in [5, 5.41) is 0. The van der Waals surface area contributed by atoms with Gasteiger partial charge in [-0.1, -0.05) is 96.4 Å². The highest BCUT2D eigenvalue weighted by molar-refractivity contribution is 5.77.